The Morgan fingerprint density at radius 1 is 1.07 bits per heavy atom. The predicted molar refractivity (Wildman–Crippen MR) is 165 cm³/mol. The van der Waals surface area contributed by atoms with Crippen LogP contribution in [0, 0.1) is 0 Å². The summed E-state index contributed by atoms with van der Waals surface area (Å²) in [5, 5.41) is 20.1. The van der Waals surface area contributed by atoms with E-state index in [-0.39, 0.29) is 17.9 Å². The molecule has 0 radical (unpaired) electrons. The molecule has 1 aliphatic carbocycles. The fourth-order valence-electron chi connectivity index (χ4n) is 6.19. The van der Waals surface area contributed by atoms with Gasteiger partial charge in [-0.15, -0.1) is 10.2 Å². The molecule has 4 aromatic rings. The predicted octanol–water partition coefficient (Wildman–Crippen LogP) is 3.92. The zero-order valence-electron chi connectivity index (χ0n) is 25.2. The summed E-state index contributed by atoms with van der Waals surface area (Å²) < 4.78 is 27.2. The van der Waals surface area contributed by atoms with E-state index in [1.165, 1.54) is 6.42 Å². The Balaban J connectivity index is 1.10. The molecule has 2 saturated heterocycles. The number of nitrogens with one attached hydrogen (secondary N) is 1. The molecule has 0 spiro atoms. The zero-order chi connectivity index (χ0) is 30.6. The number of benzene rings is 1. The molecular formula is C30H37ClN10O4. The van der Waals surface area contributed by atoms with Crippen molar-refractivity contribution in [3.05, 3.63) is 48.1 Å². The summed E-state index contributed by atoms with van der Waals surface area (Å²) in [6.45, 7) is 6.76. The van der Waals surface area contributed by atoms with Crippen molar-refractivity contribution in [3.8, 4) is 22.8 Å². The summed E-state index contributed by atoms with van der Waals surface area (Å²) in [5.41, 5.74) is 2.22. The van der Waals surface area contributed by atoms with Crippen LogP contribution in [0.1, 0.15) is 39.0 Å². The average molecular weight is 637 g/mol. The molecule has 3 aliphatic rings. The Hall–Kier alpha value is -3.85. The maximum atomic E-state index is 6.46. The smallest absolute Gasteiger partial charge is 0.257 e. The Bertz CT molecular complexity index is 1550. The van der Waals surface area contributed by atoms with Crippen LogP contribution in [0.25, 0.3) is 11.1 Å². The number of ether oxygens (including phenoxy) is 4. The monoisotopic (exact) mass is 636 g/mol. The van der Waals surface area contributed by atoms with E-state index >= 15 is 0 Å². The van der Waals surface area contributed by atoms with Gasteiger partial charge < -0.3 is 24.3 Å². The van der Waals surface area contributed by atoms with Gasteiger partial charge >= 0.3 is 0 Å². The van der Waals surface area contributed by atoms with Gasteiger partial charge in [0, 0.05) is 31.0 Å². The van der Waals surface area contributed by atoms with Crippen LogP contribution in [0.15, 0.2) is 43.1 Å². The van der Waals surface area contributed by atoms with Crippen molar-refractivity contribution in [3.63, 3.8) is 0 Å². The number of halogens is 1. The van der Waals surface area contributed by atoms with Crippen molar-refractivity contribution in [2.24, 2.45) is 0 Å². The highest BCUT2D eigenvalue weighted by Crippen LogP contribution is 2.41. The number of nitrogens with zero attached hydrogens (tertiary/aromatic N) is 9. The number of morpholine rings is 1. The van der Waals surface area contributed by atoms with Crippen LogP contribution in [-0.4, -0.2) is 96.6 Å². The molecule has 1 saturated carbocycles. The third-order valence-electron chi connectivity index (χ3n) is 8.57. The molecule has 14 nitrogen and oxygen atoms in total. The number of tetrazole rings is 1. The van der Waals surface area contributed by atoms with E-state index in [1.807, 2.05) is 25.3 Å². The van der Waals surface area contributed by atoms with Gasteiger partial charge in [-0.25, -0.2) is 19.3 Å². The van der Waals surface area contributed by atoms with Gasteiger partial charge in [-0.2, -0.15) is 0 Å². The normalized spacial score (nSPS) is 19.5. The van der Waals surface area contributed by atoms with Crippen LogP contribution in [0.3, 0.4) is 0 Å². The lowest BCUT2D eigenvalue weighted by atomic mass is 9.87. The van der Waals surface area contributed by atoms with E-state index in [2.05, 4.69) is 40.4 Å². The highest BCUT2D eigenvalue weighted by atomic mass is 35.5. The van der Waals surface area contributed by atoms with Gasteiger partial charge in [0.2, 0.25) is 5.95 Å². The van der Waals surface area contributed by atoms with Crippen LogP contribution in [0.5, 0.6) is 11.6 Å². The molecule has 15 heteroatoms. The molecule has 1 unspecified atom stereocenters. The molecule has 3 fully saturated rings. The number of rotatable bonds is 11. The van der Waals surface area contributed by atoms with E-state index < -0.39 is 0 Å². The van der Waals surface area contributed by atoms with E-state index in [1.54, 1.807) is 29.5 Å². The standard InChI is InChI=1S/C30H37ClN10O4/c1-21(16-40-20-34-37-38-40)44-27-13-22(5-6-25(27)31)23-14-32-29(33-15-23)35-26-17-41(36-28(26)45-24-18-43-19-24)30(7-3-2-4-8-30)39-9-11-42-12-10-39/h5-6,13-15,17,20-21,24H,2-4,7-12,16,18-19H2,1H3,(H,32,33,35). The number of hydrogen-bond acceptors (Lipinski definition) is 12. The third-order valence-corrected chi connectivity index (χ3v) is 8.89. The summed E-state index contributed by atoms with van der Waals surface area (Å²) in [4.78, 5) is 11.8. The van der Waals surface area contributed by atoms with E-state index in [0.29, 0.717) is 42.4 Å². The molecule has 0 bridgehead atoms. The van der Waals surface area contributed by atoms with E-state index in [9.17, 15) is 0 Å². The number of hydrogen-bond donors (Lipinski definition) is 1. The molecule has 1 aromatic carbocycles. The molecule has 45 heavy (non-hydrogen) atoms. The Morgan fingerprint density at radius 3 is 2.58 bits per heavy atom. The van der Waals surface area contributed by atoms with Crippen molar-refractivity contribution in [2.45, 2.75) is 63.4 Å². The fourth-order valence-corrected chi connectivity index (χ4v) is 6.35. The van der Waals surface area contributed by atoms with Crippen LogP contribution in [0.4, 0.5) is 11.6 Å². The molecule has 1 atom stereocenters. The SMILES string of the molecule is CC(Cn1cnnn1)Oc1cc(-c2cnc(Nc3cn(C4(N5CCOCC5)CCCCC4)nc3OC3COC3)nc2)ccc1Cl. The molecule has 2 aliphatic heterocycles. The molecule has 0 amide bonds. The van der Waals surface area contributed by atoms with Gasteiger partial charge in [0.1, 0.15) is 35.6 Å². The molecule has 1 N–H and O–H groups in total. The van der Waals surface area contributed by atoms with Gasteiger partial charge in [-0.1, -0.05) is 24.1 Å². The summed E-state index contributed by atoms with van der Waals surface area (Å²) in [6, 6.07) is 5.61. The van der Waals surface area contributed by atoms with Gasteiger partial charge in [0.25, 0.3) is 5.88 Å². The lowest BCUT2D eigenvalue weighted by molar-refractivity contribution is -0.0896. The second kappa shape index (κ2) is 13.3. The highest BCUT2D eigenvalue weighted by molar-refractivity contribution is 6.32. The Labute approximate surface area is 266 Å². The third kappa shape index (κ3) is 6.59. The molecular weight excluding hydrogens is 600 g/mol. The largest absolute Gasteiger partial charge is 0.487 e. The van der Waals surface area contributed by atoms with Gasteiger partial charge in [0.15, 0.2) is 0 Å². The average Bonchev–Trinajstić information content (AvgIpc) is 3.71. The first kappa shape index (κ1) is 29.8. The topological polar surface area (TPSA) is 139 Å². The zero-order valence-corrected chi connectivity index (χ0v) is 26.0. The van der Waals surface area contributed by atoms with Crippen molar-refractivity contribution in [2.75, 3.05) is 44.8 Å². The lowest BCUT2D eigenvalue weighted by Crippen LogP contribution is -2.56. The first-order chi connectivity index (χ1) is 22.1. The lowest BCUT2D eigenvalue weighted by Gasteiger charge is -2.47. The fraction of sp³-hybridized carbons (Fsp3) is 0.533. The first-order valence-corrected chi connectivity index (χ1v) is 15.9. The van der Waals surface area contributed by atoms with Crippen LogP contribution >= 0.6 is 11.6 Å². The minimum absolute atomic E-state index is 0.0280. The van der Waals surface area contributed by atoms with Crippen LogP contribution < -0.4 is 14.8 Å². The summed E-state index contributed by atoms with van der Waals surface area (Å²) >= 11 is 6.46. The number of aromatic nitrogens is 8. The second-order valence-electron chi connectivity index (χ2n) is 11.7. The van der Waals surface area contributed by atoms with E-state index in [4.69, 9.17) is 35.6 Å². The molecule has 3 aromatic heterocycles. The summed E-state index contributed by atoms with van der Waals surface area (Å²) in [6.07, 6.45) is 12.5. The summed E-state index contributed by atoms with van der Waals surface area (Å²) in [5.74, 6) is 1.53. The molecule has 7 rings (SSSR count). The molecule has 238 valence electrons. The quantitative estimate of drug-likeness (QED) is 0.255. The van der Waals surface area contributed by atoms with Gasteiger partial charge in [-0.3, -0.25) is 4.90 Å². The maximum absolute atomic E-state index is 6.46. The van der Waals surface area contributed by atoms with Gasteiger partial charge in [-0.05, 0) is 60.7 Å². The van der Waals surface area contributed by atoms with E-state index in [0.717, 1.165) is 68.8 Å². The minimum Gasteiger partial charge on any atom is -0.487 e. The Morgan fingerprint density at radius 2 is 1.87 bits per heavy atom. The molecule has 5 heterocycles. The van der Waals surface area contributed by atoms with Crippen LogP contribution in [0.2, 0.25) is 5.02 Å². The van der Waals surface area contributed by atoms with Crippen molar-refractivity contribution < 1.29 is 18.9 Å². The van der Waals surface area contributed by atoms with Crippen molar-refractivity contribution >= 4 is 23.2 Å². The van der Waals surface area contributed by atoms with Crippen molar-refractivity contribution in [1.29, 1.82) is 0 Å². The minimum atomic E-state index is -0.209. The van der Waals surface area contributed by atoms with Crippen molar-refractivity contribution in [1.82, 2.24) is 44.9 Å². The first-order valence-electron chi connectivity index (χ1n) is 15.5. The summed E-state index contributed by atoms with van der Waals surface area (Å²) in [7, 11) is 0. The highest BCUT2D eigenvalue weighted by Gasteiger charge is 2.42. The van der Waals surface area contributed by atoms with Gasteiger partial charge in [0.05, 0.1) is 44.2 Å². The second-order valence-corrected chi connectivity index (χ2v) is 12.1. The Kier molecular flexibility index (Phi) is 8.79. The maximum Gasteiger partial charge on any atom is 0.257 e. The number of anilines is 2. The van der Waals surface area contributed by atoms with Crippen LogP contribution in [-0.2, 0) is 21.7 Å².